The fourth-order valence-corrected chi connectivity index (χ4v) is 2.21. The number of aliphatic hydroxyl groups excluding tert-OH is 1. The lowest BCUT2D eigenvalue weighted by Crippen LogP contribution is -2.25. The van der Waals surface area contributed by atoms with Gasteiger partial charge in [0.1, 0.15) is 0 Å². The molecule has 1 saturated heterocycles. The Balaban J connectivity index is 2.27. The van der Waals surface area contributed by atoms with Crippen LogP contribution in [0.2, 0.25) is 0 Å². The lowest BCUT2D eigenvalue weighted by molar-refractivity contribution is -0.117. The van der Waals surface area contributed by atoms with E-state index in [1.165, 1.54) is 6.07 Å². The number of amides is 1. The molecule has 1 atom stereocenters. The van der Waals surface area contributed by atoms with Gasteiger partial charge in [0.2, 0.25) is 5.91 Å². The number of anilines is 1. The van der Waals surface area contributed by atoms with Crippen molar-refractivity contribution in [1.82, 2.24) is 0 Å². The highest BCUT2D eigenvalue weighted by molar-refractivity contribution is 5.97. The average molecular weight is 249 g/mol. The Kier molecular flexibility index (Phi) is 3.34. The second kappa shape index (κ2) is 4.78. The van der Waals surface area contributed by atoms with Crippen LogP contribution in [0.5, 0.6) is 0 Å². The summed E-state index contributed by atoms with van der Waals surface area (Å²) in [6, 6.07) is 4.84. The summed E-state index contributed by atoms with van der Waals surface area (Å²) in [5.74, 6) is -1.03. The maximum absolute atomic E-state index is 11.8. The van der Waals surface area contributed by atoms with Gasteiger partial charge in [-0.05, 0) is 30.7 Å². The van der Waals surface area contributed by atoms with Crippen LogP contribution in [0.1, 0.15) is 22.3 Å². The topological polar surface area (TPSA) is 77.8 Å². The van der Waals surface area contributed by atoms with Crippen LogP contribution in [0.25, 0.3) is 0 Å². The molecule has 18 heavy (non-hydrogen) atoms. The van der Waals surface area contributed by atoms with Crippen molar-refractivity contribution in [2.45, 2.75) is 13.3 Å². The number of nitrogens with zero attached hydrogens (tertiary/aromatic N) is 1. The molecule has 1 aromatic rings. The predicted molar refractivity (Wildman–Crippen MR) is 65.7 cm³/mol. The second-order valence-corrected chi connectivity index (χ2v) is 4.56. The molecule has 0 radical (unpaired) electrons. The van der Waals surface area contributed by atoms with E-state index in [-0.39, 0.29) is 24.0 Å². The Morgan fingerprint density at radius 2 is 2.22 bits per heavy atom. The van der Waals surface area contributed by atoms with Crippen LogP contribution in [0.3, 0.4) is 0 Å². The number of carboxylic acids is 1. The molecule has 1 aliphatic heterocycles. The largest absolute Gasteiger partial charge is 0.478 e. The molecule has 0 spiro atoms. The second-order valence-electron chi connectivity index (χ2n) is 4.56. The van der Waals surface area contributed by atoms with Gasteiger partial charge in [0.25, 0.3) is 0 Å². The molecule has 1 amide bonds. The lowest BCUT2D eigenvalue weighted by Gasteiger charge is -2.17. The third-order valence-corrected chi connectivity index (χ3v) is 3.22. The van der Waals surface area contributed by atoms with Crippen molar-refractivity contribution >= 4 is 17.6 Å². The molecule has 2 N–H and O–H groups in total. The number of aromatic carboxylic acids is 1. The van der Waals surface area contributed by atoms with E-state index >= 15 is 0 Å². The normalized spacial score (nSPS) is 19.3. The molecule has 0 aromatic heterocycles. The van der Waals surface area contributed by atoms with Crippen molar-refractivity contribution in [2.75, 3.05) is 18.1 Å². The molecular weight excluding hydrogens is 234 g/mol. The van der Waals surface area contributed by atoms with Gasteiger partial charge in [-0.25, -0.2) is 4.79 Å². The maximum atomic E-state index is 11.8. The first-order valence-electron chi connectivity index (χ1n) is 5.78. The Morgan fingerprint density at radius 1 is 1.50 bits per heavy atom. The summed E-state index contributed by atoms with van der Waals surface area (Å²) in [6.45, 7) is 2.19. The maximum Gasteiger partial charge on any atom is 0.335 e. The first-order chi connectivity index (χ1) is 8.52. The minimum atomic E-state index is -0.972. The quantitative estimate of drug-likeness (QED) is 0.839. The van der Waals surface area contributed by atoms with Gasteiger partial charge in [0.05, 0.1) is 5.56 Å². The van der Waals surface area contributed by atoms with E-state index < -0.39 is 5.97 Å². The molecule has 1 aliphatic rings. The molecule has 1 heterocycles. The molecular formula is C13H15NO4. The number of benzene rings is 1. The third-order valence-electron chi connectivity index (χ3n) is 3.22. The Morgan fingerprint density at radius 3 is 2.72 bits per heavy atom. The van der Waals surface area contributed by atoms with Crippen molar-refractivity contribution in [1.29, 1.82) is 0 Å². The minimum absolute atomic E-state index is 0.00552. The summed E-state index contributed by atoms with van der Waals surface area (Å²) in [5.41, 5.74) is 1.56. The number of aryl methyl sites for hydroxylation is 1. The fraction of sp³-hybridized carbons (Fsp3) is 0.385. The monoisotopic (exact) mass is 249 g/mol. The summed E-state index contributed by atoms with van der Waals surface area (Å²) >= 11 is 0. The molecule has 1 fully saturated rings. The van der Waals surface area contributed by atoms with Crippen molar-refractivity contribution in [3.63, 3.8) is 0 Å². The molecule has 5 nitrogen and oxygen atoms in total. The van der Waals surface area contributed by atoms with Crippen molar-refractivity contribution in [3.05, 3.63) is 29.3 Å². The van der Waals surface area contributed by atoms with Crippen molar-refractivity contribution < 1.29 is 19.8 Å². The molecule has 2 rings (SSSR count). The van der Waals surface area contributed by atoms with Crippen LogP contribution >= 0.6 is 0 Å². The van der Waals surface area contributed by atoms with E-state index in [1.54, 1.807) is 24.0 Å². The summed E-state index contributed by atoms with van der Waals surface area (Å²) < 4.78 is 0. The van der Waals surface area contributed by atoms with Crippen molar-refractivity contribution in [2.24, 2.45) is 5.92 Å². The highest BCUT2D eigenvalue weighted by Gasteiger charge is 2.30. The first kappa shape index (κ1) is 12.6. The molecule has 5 heteroatoms. The molecule has 96 valence electrons. The zero-order chi connectivity index (χ0) is 13.3. The van der Waals surface area contributed by atoms with Crippen LogP contribution in [-0.2, 0) is 4.79 Å². The van der Waals surface area contributed by atoms with E-state index in [9.17, 15) is 9.59 Å². The number of carbonyl (C=O) groups is 2. The number of hydrogen-bond acceptors (Lipinski definition) is 3. The lowest BCUT2D eigenvalue weighted by atomic mass is 10.1. The van der Waals surface area contributed by atoms with Gasteiger partial charge in [-0.15, -0.1) is 0 Å². The van der Waals surface area contributed by atoms with Crippen LogP contribution in [0.15, 0.2) is 18.2 Å². The smallest absolute Gasteiger partial charge is 0.335 e. The molecule has 0 aliphatic carbocycles. The van der Waals surface area contributed by atoms with Crippen LogP contribution in [-0.4, -0.2) is 35.2 Å². The molecule has 1 aromatic carbocycles. The van der Waals surface area contributed by atoms with Gasteiger partial charge >= 0.3 is 5.97 Å². The Hall–Kier alpha value is -1.88. The Bertz CT molecular complexity index is 498. The number of aliphatic hydroxyl groups is 1. The summed E-state index contributed by atoms with van der Waals surface area (Å²) in [4.78, 5) is 24.3. The van der Waals surface area contributed by atoms with Gasteiger partial charge in [0.15, 0.2) is 0 Å². The number of rotatable bonds is 3. The van der Waals surface area contributed by atoms with Crippen LogP contribution < -0.4 is 4.90 Å². The van der Waals surface area contributed by atoms with Gasteiger partial charge in [-0.1, -0.05) is 0 Å². The van der Waals surface area contributed by atoms with Crippen LogP contribution in [0, 0.1) is 12.8 Å². The molecule has 1 unspecified atom stereocenters. The average Bonchev–Trinajstić information content (AvgIpc) is 2.70. The highest BCUT2D eigenvalue weighted by atomic mass is 16.4. The minimum Gasteiger partial charge on any atom is -0.478 e. The predicted octanol–water partition coefficient (Wildman–Crippen LogP) is 1.04. The first-order valence-corrected chi connectivity index (χ1v) is 5.78. The van der Waals surface area contributed by atoms with Gasteiger partial charge < -0.3 is 15.1 Å². The standard InChI is InChI=1S/C13H15NO4/c1-8-4-10(2-3-11(8)13(17)18)14-6-9(7-15)5-12(14)16/h2-4,9,15H,5-7H2,1H3,(H,17,18). The third kappa shape index (κ3) is 2.22. The summed E-state index contributed by atoms with van der Waals surface area (Å²) in [6.07, 6.45) is 0.343. The number of carbonyl (C=O) groups excluding carboxylic acids is 1. The SMILES string of the molecule is Cc1cc(N2CC(CO)CC2=O)ccc1C(=O)O. The fourth-order valence-electron chi connectivity index (χ4n) is 2.21. The molecule has 0 bridgehead atoms. The van der Waals surface area contributed by atoms with E-state index in [0.717, 1.165) is 0 Å². The number of carboxylic acid groups (broad SMARTS) is 1. The van der Waals surface area contributed by atoms with E-state index in [4.69, 9.17) is 10.2 Å². The van der Waals surface area contributed by atoms with Gasteiger partial charge in [0, 0.05) is 31.2 Å². The van der Waals surface area contributed by atoms with Crippen LogP contribution in [0.4, 0.5) is 5.69 Å². The number of hydrogen-bond donors (Lipinski definition) is 2. The van der Waals surface area contributed by atoms with Gasteiger partial charge in [-0.2, -0.15) is 0 Å². The van der Waals surface area contributed by atoms with Crippen molar-refractivity contribution in [3.8, 4) is 0 Å². The van der Waals surface area contributed by atoms with E-state index in [1.807, 2.05) is 0 Å². The van der Waals surface area contributed by atoms with Gasteiger partial charge in [-0.3, -0.25) is 4.79 Å². The summed E-state index contributed by atoms with van der Waals surface area (Å²) in [5, 5.41) is 18.0. The highest BCUT2D eigenvalue weighted by Crippen LogP contribution is 2.26. The van der Waals surface area contributed by atoms with E-state index in [2.05, 4.69) is 0 Å². The molecule has 0 saturated carbocycles. The summed E-state index contributed by atoms with van der Waals surface area (Å²) in [7, 11) is 0. The zero-order valence-electron chi connectivity index (χ0n) is 10.1. The zero-order valence-corrected chi connectivity index (χ0v) is 10.1. The Labute approximate surface area is 105 Å². The van der Waals surface area contributed by atoms with E-state index in [0.29, 0.717) is 24.2 Å².